The van der Waals surface area contributed by atoms with Gasteiger partial charge in [-0.3, -0.25) is 39.2 Å². The molecule has 6 heterocycles. The number of pyridine rings is 4. The van der Waals surface area contributed by atoms with Crippen molar-refractivity contribution in [3.05, 3.63) is 150 Å². The summed E-state index contributed by atoms with van der Waals surface area (Å²) in [4.78, 5) is 82.5. The van der Waals surface area contributed by atoms with Crippen LogP contribution in [0.5, 0.6) is 0 Å². The Kier molecular flexibility index (Phi) is 21.3. The molecule has 69 heavy (non-hydrogen) atoms. The average molecular weight is 940 g/mol. The number of nitrogens with zero attached hydrogens (tertiary/aromatic N) is 8. The van der Waals surface area contributed by atoms with E-state index in [-0.39, 0.29) is 40.1 Å². The number of carboxylic acids is 1. The minimum Gasteiger partial charge on any atom is -0.477 e. The number of nitrogens with one attached hydrogen (secondary N) is 3. The van der Waals surface area contributed by atoms with E-state index in [4.69, 9.17) is 17.4 Å². The van der Waals surface area contributed by atoms with E-state index in [1.165, 1.54) is 74.7 Å². The summed E-state index contributed by atoms with van der Waals surface area (Å²) in [5.41, 5.74) is 10.2. The average Bonchev–Trinajstić information content (AvgIpc) is 4.12. The number of anilines is 2. The van der Waals surface area contributed by atoms with Gasteiger partial charge in [-0.2, -0.15) is 0 Å². The van der Waals surface area contributed by atoms with Gasteiger partial charge in [0.05, 0.1) is 54.5 Å². The van der Waals surface area contributed by atoms with Crippen molar-refractivity contribution >= 4 is 35.4 Å². The van der Waals surface area contributed by atoms with E-state index < -0.39 is 12.0 Å². The molecule has 6 aromatic heterocycles. The minimum absolute atomic E-state index is 0.0953. The van der Waals surface area contributed by atoms with Gasteiger partial charge >= 0.3 is 5.97 Å². The molecule has 0 saturated heterocycles. The molecule has 17 heteroatoms. The molecule has 2 fully saturated rings. The molecule has 8 rings (SSSR count). The lowest BCUT2D eigenvalue weighted by molar-refractivity contribution is -0.123. The maximum atomic E-state index is 13.7. The molecule has 2 amide bonds. The molecule has 0 aliphatic heterocycles. The van der Waals surface area contributed by atoms with E-state index in [2.05, 4.69) is 91.6 Å². The smallest absolute Gasteiger partial charge is 0.353 e. The van der Waals surface area contributed by atoms with Crippen LogP contribution in [0.15, 0.2) is 111 Å². The highest BCUT2D eigenvalue weighted by Crippen LogP contribution is 2.31. The maximum absolute atomic E-state index is 13.7. The van der Waals surface area contributed by atoms with Gasteiger partial charge in [-0.05, 0) is 74.2 Å². The van der Waals surface area contributed by atoms with Crippen molar-refractivity contribution < 1.29 is 24.3 Å². The van der Waals surface area contributed by atoms with Crippen LogP contribution in [-0.2, 0) is 15.6 Å². The first kappa shape index (κ1) is 54.0. The molecule has 0 spiro atoms. The molecule has 2 aliphatic carbocycles. The largest absolute Gasteiger partial charge is 0.477 e. The summed E-state index contributed by atoms with van der Waals surface area (Å²) in [7, 11) is 0. The maximum Gasteiger partial charge on any atom is 0.353 e. The molecule has 0 aromatic carbocycles. The normalized spacial score (nSPS) is 14.1. The molecule has 17 nitrogen and oxygen atoms in total. The number of carboxylic acid groups (broad SMARTS) is 1. The molecule has 2 aliphatic rings. The van der Waals surface area contributed by atoms with E-state index in [9.17, 15) is 19.2 Å². The zero-order chi connectivity index (χ0) is 50.2. The number of amides is 2. The third kappa shape index (κ3) is 18.2. The third-order valence-corrected chi connectivity index (χ3v) is 11.1. The van der Waals surface area contributed by atoms with Gasteiger partial charge < -0.3 is 26.1 Å². The van der Waals surface area contributed by atoms with Crippen LogP contribution >= 0.6 is 0 Å². The van der Waals surface area contributed by atoms with Crippen molar-refractivity contribution in [2.75, 3.05) is 10.6 Å². The van der Waals surface area contributed by atoms with Crippen LogP contribution in [0.25, 0.3) is 4.85 Å². The number of imidazole rings is 2. The van der Waals surface area contributed by atoms with Crippen molar-refractivity contribution in [1.29, 1.82) is 0 Å². The lowest BCUT2D eigenvalue weighted by Crippen LogP contribution is -2.47. The lowest BCUT2D eigenvalue weighted by Gasteiger charge is -2.32. The molecular formula is C52H67N12O5+. The van der Waals surface area contributed by atoms with Crippen molar-refractivity contribution in [2.24, 2.45) is 0 Å². The molecule has 364 valence electrons. The number of H-pyrrole nitrogens is 2. The number of carbonyl (C=O) groups is 4. The molecule has 0 radical (unpaired) electrons. The van der Waals surface area contributed by atoms with Crippen molar-refractivity contribution in [3.8, 4) is 6.57 Å². The second-order valence-electron chi connectivity index (χ2n) is 18.6. The van der Waals surface area contributed by atoms with Gasteiger partial charge in [-0.25, -0.2) is 14.8 Å². The van der Waals surface area contributed by atoms with Crippen LogP contribution in [0, 0.1) is 6.57 Å². The van der Waals surface area contributed by atoms with Gasteiger partial charge in [-0.1, -0.05) is 78.1 Å². The zero-order valence-corrected chi connectivity index (χ0v) is 40.6. The van der Waals surface area contributed by atoms with E-state index in [0.29, 0.717) is 23.0 Å². The predicted molar refractivity (Wildman–Crippen MR) is 268 cm³/mol. The van der Waals surface area contributed by atoms with Crippen molar-refractivity contribution in [3.63, 3.8) is 0 Å². The number of hydrogen-bond acceptors (Lipinski definition) is 11. The standard InChI is InChI=1S/C26H32N6O2.C9H14N2.C7H12N.C6H5NO.C4H4N2O2/c1-26(2,3)22-13-12-19(15-29-22)32(25(34)21-16-27-17-30-21)23(20-11-7-8-14-28-20)24(33)31-18-9-5-4-6-10-18;1-9(2,3)8-5-4-7(10)6-11-8;1-8-7-5-3-2-4-6-7;8-5-6-2-1-3-7-4-6;7-4(8)3-1-5-2-6-3/h7-8,11-18,23H,4-6,9-10H2,1-3H3,(H,27,30)(H,31,33);4-6H,10H2,1-3H3;1,7H,2-6H2;1-5H;1-2H,(H,5,6)(H,7,8)/q;;+1;;. The zero-order valence-electron chi connectivity index (χ0n) is 40.6. The van der Waals surface area contributed by atoms with E-state index in [1.54, 1.807) is 49.1 Å². The van der Waals surface area contributed by atoms with Crippen LogP contribution in [-0.4, -0.2) is 81.1 Å². The molecule has 0 bridgehead atoms. The number of aromatic carboxylic acids is 1. The highest BCUT2D eigenvalue weighted by atomic mass is 16.4. The number of nitrogens with two attached hydrogens (primary N) is 1. The quantitative estimate of drug-likeness (QED) is 0.0896. The fourth-order valence-corrected chi connectivity index (χ4v) is 7.20. The Hall–Kier alpha value is -7.61. The summed E-state index contributed by atoms with van der Waals surface area (Å²) >= 11 is 0. The Morgan fingerprint density at radius 1 is 0.739 bits per heavy atom. The second kappa shape index (κ2) is 27.3. The summed E-state index contributed by atoms with van der Waals surface area (Å²) < 4.78 is 0. The number of nitrogen functional groups attached to an aromatic ring is 1. The Balaban J connectivity index is 0.000000236. The fourth-order valence-electron chi connectivity index (χ4n) is 7.20. The number of aromatic nitrogens is 8. The molecule has 6 N–H and O–H groups in total. The molecule has 1 atom stereocenters. The van der Waals surface area contributed by atoms with Crippen molar-refractivity contribution in [2.45, 2.75) is 135 Å². The van der Waals surface area contributed by atoms with Gasteiger partial charge in [0.1, 0.15) is 11.4 Å². The van der Waals surface area contributed by atoms with Crippen LogP contribution in [0.1, 0.15) is 160 Å². The third-order valence-electron chi connectivity index (χ3n) is 11.1. The molecule has 1 unspecified atom stereocenters. The first-order valence-electron chi connectivity index (χ1n) is 23.2. The van der Waals surface area contributed by atoms with E-state index >= 15 is 0 Å². The molecule has 6 aromatic rings. The molecule has 2 saturated carbocycles. The Morgan fingerprint density at radius 3 is 1.77 bits per heavy atom. The summed E-state index contributed by atoms with van der Waals surface area (Å²) in [6.45, 7) is 17.8. The van der Waals surface area contributed by atoms with Gasteiger partial charge in [0.15, 0.2) is 12.3 Å². The summed E-state index contributed by atoms with van der Waals surface area (Å²) in [5, 5.41) is 11.4. The summed E-state index contributed by atoms with van der Waals surface area (Å²) in [6.07, 6.45) is 26.1. The van der Waals surface area contributed by atoms with Gasteiger partial charge in [0.2, 0.25) is 5.91 Å². The van der Waals surface area contributed by atoms with Crippen molar-refractivity contribution in [1.82, 2.24) is 45.2 Å². The fraction of sp³-hybridized carbons (Fsp3) is 0.404. The number of aromatic amines is 2. The highest BCUT2D eigenvalue weighted by molar-refractivity contribution is 6.08. The number of rotatable bonds is 8. The number of aldehydes is 1. The van der Waals surface area contributed by atoms with Crippen LogP contribution < -0.4 is 16.0 Å². The van der Waals surface area contributed by atoms with Gasteiger partial charge in [-0.15, -0.1) is 0 Å². The van der Waals surface area contributed by atoms with Crippen LogP contribution in [0.4, 0.5) is 11.4 Å². The Labute approximate surface area is 405 Å². The highest BCUT2D eigenvalue weighted by Gasteiger charge is 2.36. The number of hydrogen-bond donors (Lipinski definition) is 5. The Morgan fingerprint density at radius 2 is 1.35 bits per heavy atom. The monoisotopic (exact) mass is 940 g/mol. The summed E-state index contributed by atoms with van der Waals surface area (Å²) in [6, 6.07) is 16.0. The Bertz CT molecular complexity index is 2450. The second-order valence-corrected chi connectivity index (χ2v) is 18.6. The topological polar surface area (TPSA) is 243 Å². The minimum atomic E-state index is -0.984. The first-order chi connectivity index (χ1) is 33.0. The van der Waals surface area contributed by atoms with E-state index in [1.807, 2.05) is 30.3 Å². The lowest BCUT2D eigenvalue weighted by atomic mass is 9.91. The van der Waals surface area contributed by atoms with E-state index in [0.717, 1.165) is 49.0 Å². The number of carbonyl (C=O) groups excluding carboxylic acids is 3. The van der Waals surface area contributed by atoms with Crippen LogP contribution in [0.2, 0.25) is 0 Å². The van der Waals surface area contributed by atoms with Gasteiger partial charge in [0.25, 0.3) is 18.5 Å². The first-order valence-corrected chi connectivity index (χ1v) is 23.2. The van der Waals surface area contributed by atoms with Gasteiger partial charge in [0, 0.05) is 65.3 Å². The molecular weight excluding hydrogens is 873 g/mol. The predicted octanol–water partition coefficient (Wildman–Crippen LogP) is 9.58. The summed E-state index contributed by atoms with van der Waals surface area (Å²) in [5.74, 6) is -1.61. The SMILES string of the molecule is C#[N+]C1CCCCC1.CC(C)(C)c1ccc(N(C(=O)c2cnc[nH]2)C(C(=O)NC2CCCCC2)c2ccccn2)cn1.CC(C)(C)c1ccc(N)cn1.O=C(O)c1cnc[nH]1.O=Cc1cccnc1. The van der Waals surface area contributed by atoms with Crippen LogP contribution in [0.3, 0.4) is 0 Å².